The minimum atomic E-state index is -0.485. The summed E-state index contributed by atoms with van der Waals surface area (Å²) in [6, 6.07) is 7.10. The molecule has 136 valence electrons. The smallest absolute Gasteiger partial charge is 0.411 e. The van der Waals surface area contributed by atoms with Gasteiger partial charge in [-0.25, -0.2) is 9.69 Å². The van der Waals surface area contributed by atoms with Gasteiger partial charge in [0.25, 0.3) is 0 Å². The maximum Gasteiger partial charge on any atom is 0.411 e. The van der Waals surface area contributed by atoms with Crippen molar-refractivity contribution in [1.82, 2.24) is 4.90 Å². The number of ether oxygens (including phenoxy) is 4. The zero-order chi connectivity index (χ0) is 17.7. The number of benzene rings is 1. The van der Waals surface area contributed by atoms with Gasteiger partial charge in [0, 0.05) is 5.69 Å². The third-order valence-corrected chi connectivity index (χ3v) is 5.59. The molecule has 0 unspecified atom stereocenters. The van der Waals surface area contributed by atoms with Crippen LogP contribution in [0, 0.1) is 0 Å². The lowest BCUT2D eigenvalue weighted by atomic mass is 10.0. The van der Waals surface area contributed by atoms with Gasteiger partial charge in [-0.05, 0) is 51.0 Å². The van der Waals surface area contributed by atoms with Crippen LogP contribution in [-0.2, 0) is 14.2 Å². The van der Waals surface area contributed by atoms with Crippen molar-refractivity contribution in [3.63, 3.8) is 0 Å². The standard InChI is InChI=1S/C18H24N2O5/c1-16-8-9-17(2)20(16)18(11-24-16,12-25-17)10-23-15(21)19-13-4-6-14(22-3)7-5-13/h4-7H,8-12H2,1-3H3,(H,19,21)/t16-,17-/m1/s1. The zero-order valence-corrected chi connectivity index (χ0v) is 14.8. The normalized spacial score (nSPS) is 36.3. The predicted molar refractivity (Wildman–Crippen MR) is 90.5 cm³/mol. The first kappa shape index (κ1) is 16.6. The first-order chi connectivity index (χ1) is 11.9. The second-order valence-corrected chi connectivity index (χ2v) is 7.42. The Kier molecular flexibility index (Phi) is 3.72. The maximum absolute atomic E-state index is 12.2. The van der Waals surface area contributed by atoms with Gasteiger partial charge in [-0.15, -0.1) is 0 Å². The minimum absolute atomic E-state index is 0.236. The summed E-state index contributed by atoms with van der Waals surface area (Å²) < 4.78 is 22.8. The number of carbonyl (C=O) groups excluding carboxylic acids is 1. The van der Waals surface area contributed by atoms with Crippen molar-refractivity contribution in [2.75, 3.05) is 32.2 Å². The maximum atomic E-state index is 12.2. The molecular formula is C18H24N2O5. The van der Waals surface area contributed by atoms with E-state index in [4.69, 9.17) is 18.9 Å². The van der Waals surface area contributed by atoms with Crippen LogP contribution in [0.5, 0.6) is 5.75 Å². The van der Waals surface area contributed by atoms with Crippen molar-refractivity contribution in [3.8, 4) is 5.75 Å². The van der Waals surface area contributed by atoms with Gasteiger partial charge >= 0.3 is 6.09 Å². The van der Waals surface area contributed by atoms with Gasteiger partial charge in [0.1, 0.15) is 29.3 Å². The van der Waals surface area contributed by atoms with Crippen molar-refractivity contribution < 1.29 is 23.7 Å². The van der Waals surface area contributed by atoms with Gasteiger partial charge < -0.3 is 18.9 Å². The van der Waals surface area contributed by atoms with E-state index in [0.29, 0.717) is 18.9 Å². The van der Waals surface area contributed by atoms with Crippen molar-refractivity contribution >= 4 is 11.8 Å². The fourth-order valence-electron chi connectivity index (χ4n) is 4.39. The highest BCUT2D eigenvalue weighted by molar-refractivity contribution is 5.84. The third kappa shape index (κ3) is 2.58. The quantitative estimate of drug-likeness (QED) is 0.902. The molecule has 1 aromatic rings. The number of hydrogen-bond donors (Lipinski definition) is 1. The number of anilines is 1. The van der Waals surface area contributed by atoms with Crippen LogP contribution in [0.4, 0.5) is 10.5 Å². The van der Waals surface area contributed by atoms with E-state index in [2.05, 4.69) is 24.1 Å². The summed E-state index contributed by atoms with van der Waals surface area (Å²) in [4.78, 5) is 14.5. The van der Waals surface area contributed by atoms with Crippen molar-refractivity contribution in [2.45, 2.75) is 43.7 Å². The van der Waals surface area contributed by atoms with Crippen LogP contribution in [0.25, 0.3) is 0 Å². The molecule has 1 N–H and O–H groups in total. The van der Waals surface area contributed by atoms with Gasteiger partial charge in [0.05, 0.1) is 20.3 Å². The average Bonchev–Trinajstić information content (AvgIpc) is 3.18. The summed E-state index contributed by atoms with van der Waals surface area (Å²) >= 11 is 0. The molecule has 2 atom stereocenters. The van der Waals surface area contributed by atoms with Crippen molar-refractivity contribution in [3.05, 3.63) is 24.3 Å². The molecule has 3 aliphatic rings. The van der Waals surface area contributed by atoms with Crippen LogP contribution in [0.15, 0.2) is 24.3 Å². The summed E-state index contributed by atoms with van der Waals surface area (Å²) in [5.74, 6) is 0.733. The average molecular weight is 348 g/mol. The third-order valence-electron chi connectivity index (χ3n) is 5.59. The molecule has 25 heavy (non-hydrogen) atoms. The second-order valence-electron chi connectivity index (χ2n) is 7.42. The molecule has 1 amide bonds. The zero-order valence-electron chi connectivity index (χ0n) is 14.8. The number of nitrogens with one attached hydrogen (secondary N) is 1. The van der Waals surface area contributed by atoms with E-state index in [-0.39, 0.29) is 18.1 Å². The van der Waals surface area contributed by atoms with Crippen LogP contribution < -0.4 is 10.1 Å². The Morgan fingerprint density at radius 1 is 1.16 bits per heavy atom. The predicted octanol–water partition coefficient (Wildman–Crippen LogP) is 2.57. The highest BCUT2D eigenvalue weighted by atomic mass is 16.6. The Morgan fingerprint density at radius 3 is 2.32 bits per heavy atom. The molecule has 0 spiro atoms. The van der Waals surface area contributed by atoms with Gasteiger partial charge in [-0.3, -0.25) is 5.32 Å². The summed E-state index contributed by atoms with van der Waals surface area (Å²) in [6.45, 7) is 5.43. The SMILES string of the molecule is COc1ccc(NC(=O)OCC23CO[C@]4(C)CC[C@@](C)(OC2)N34)cc1. The molecule has 4 rings (SSSR count). The molecule has 7 heteroatoms. The Labute approximate surface area is 147 Å². The van der Waals surface area contributed by atoms with Crippen LogP contribution in [-0.4, -0.2) is 54.9 Å². The lowest BCUT2D eigenvalue weighted by Crippen LogP contribution is -2.56. The first-order valence-corrected chi connectivity index (χ1v) is 8.55. The fraction of sp³-hybridized carbons (Fsp3) is 0.611. The summed E-state index contributed by atoms with van der Waals surface area (Å²) in [5, 5.41) is 2.73. The van der Waals surface area contributed by atoms with E-state index in [9.17, 15) is 4.79 Å². The van der Waals surface area contributed by atoms with E-state index >= 15 is 0 Å². The number of amides is 1. The molecule has 3 heterocycles. The van der Waals surface area contributed by atoms with Gasteiger partial charge in [0.15, 0.2) is 0 Å². The molecule has 7 nitrogen and oxygen atoms in total. The van der Waals surface area contributed by atoms with Gasteiger partial charge in [-0.1, -0.05) is 0 Å². The summed E-state index contributed by atoms with van der Waals surface area (Å²) in [6.07, 6.45) is 1.35. The van der Waals surface area contributed by atoms with E-state index in [1.165, 1.54) is 0 Å². The molecule has 1 aromatic carbocycles. The highest BCUT2D eigenvalue weighted by Crippen LogP contribution is 2.55. The Bertz CT molecular complexity index is 657. The Morgan fingerprint density at radius 2 is 1.76 bits per heavy atom. The minimum Gasteiger partial charge on any atom is -0.497 e. The topological polar surface area (TPSA) is 69.3 Å². The van der Waals surface area contributed by atoms with E-state index in [1.807, 2.05) is 0 Å². The molecule has 0 bridgehead atoms. The lowest BCUT2D eigenvalue weighted by Gasteiger charge is -2.37. The van der Waals surface area contributed by atoms with E-state index < -0.39 is 11.6 Å². The molecule has 3 aliphatic heterocycles. The highest BCUT2D eigenvalue weighted by Gasteiger charge is 2.69. The Hall–Kier alpha value is -1.83. The van der Waals surface area contributed by atoms with Crippen LogP contribution in [0.1, 0.15) is 26.7 Å². The van der Waals surface area contributed by atoms with Crippen LogP contribution in [0.3, 0.4) is 0 Å². The second kappa shape index (κ2) is 5.59. The lowest BCUT2D eigenvalue weighted by molar-refractivity contribution is -0.125. The fourth-order valence-corrected chi connectivity index (χ4v) is 4.39. The monoisotopic (exact) mass is 348 g/mol. The number of hydrogen-bond acceptors (Lipinski definition) is 6. The van der Waals surface area contributed by atoms with Crippen molar-refractivity contribution in [2.24, 2.45) is 0 Å². The summed E-state index contributed by atoms with van der Waals surface area (Å²) in [5.41, 5.74) is -0.413. The van der Waals surface area contributed by atoms with Crippen LogP contribution in [0.2, 0.25) is 0 Å². The van der Waals surface area contributed by atoms with Crippen LogP contribution >= 0.6 is 0 Å². The molecule has 0 saturated carbocycles. The summed E-state index contributed by atoms with van der Waals surface area (Å²) in [7, 11) is 1.60. The molecule has 0 aromatic heterocycles. The molecule has 3 saturated heterocycles. The first-order valence-electron chi connectivity index (χ1n) is 8.55. The number of carbonyl (C=O) groups is 1. The molecule has 0 aliphatic carbocycles. The number of nitrogens with zero attached hydrogens (tertiary/aromatic N) is 1. The number of methoxy groups -OCH3 is 1. The number of rotatable bonds is 4. The van der Waals surface area contributed by atoms with Gasteiger partial charge in [-0.2, -0.15) is 0 Å². The largest absolute Gasteiger partial charge is 0.497 e. The van der Waals surface area contributed by atoms with E-state index in [1.54, 1.807) is 31.4 Å². The molecular weight excluding hydrogens is 324 g/mol. The molecule has 0 radical (unpaired) electrons. The molecule has 3 fully saturated rings. The van der Waals surface area contributed by atoms with E-state index in [0.717, 1.165) is 18.6 Å². The van der Waals surface area contributed by atoms with Crippen molar-refractivity contribution in [1.29, 1.82) is 0 Å². The van der Waals surface area contributed by atoms with Gasteiger partial charge in [0.2, 0.25) is 0 Å². The Balaban J connectivity index is 1.40.